The van der Waals surface area contributed by atoms with Gasteiger partial charge in [-0.1, -0.05) is 0 Å². The van der Waals surface area contributed by atoms with E-state index < -0.39 is 38.1 Å². The van der Waals surface area contributed by atoms with Crippen molar-refractivity contribution in [3.8, 4) is 0 Å². The van der Waals surface area contributed by atoms with E-state index in [-0.39, 0.29) is 32.4 Å². The highest BCUT2D eigenvalue weighted by Crippen LogP contribution is 2.23. The smallest absolute Gasteiger partial charge is 0.338 e. The molecule has 2 rings (SSSR count). The fraction of sp³-hybridized carbons (Fsp3) is 0.364. The van der Waals surface area contributed by atoms with Crippen molar-refractivity contribution in [1.82, 2.24) is 4.31 Å². The molecule has 20 heavy (non-hydrogen) atoms. The maximum atomic E-state index is 13.7. The summed E-state index contributed by atoms with van der Waals surface area (Å²) in [5.74, 6) is -4.31. The van der Waals surface area contributed by atoms with Gasteiger partial charge in [-0.25, -0.2) is 22.0 Å². The molecule has 0 aliphatic carbocycles. The molecule has 1 aliphatic rings. The molecule has 0 bridgehead atoms. The van der Waals surface area contributed by atoms with E-state index in [0.717, 1.165) is 4.31 Å². The number of morpholine rings is 1. The molecule has 0 radical (unpaired) electrons. The van der Waals surface area contributed by atoms with Crippen molar-refractivity contribution in [2.24, 2.45) is 0 Å². The first-order valence-corrected chi connectivity index (χ1v) is 7.08. The lowest BCUT2D eigenvalue weighted by atomic mass is 10.2. The summed E-state index contributed by atoms with van der Waals surface area (Å²) in [6, 6.07) is 0.759. The van der Waals surface area contributed by atoms with Crippen LogP contribution in [0.1, 0.15) is 10.4 Å². The minimum atomic E-state index is -4.22. The summed E-state index contributed by atoms with van der Waals surface area (Å²) in [4.78, 5) is 9.95. The normalized spacial score (nSPS) is 17.1. The van der Waals surface area contributed by atoms with Crippen molar-refractivity contribution in [2.45, 2.75) is 4.90 Å². The van der Waals surface area contributed by atoms with Crippen LogP contribution in [-0.4, -0.2) is 50.1 Å². The number of aromatic carboxylic acids is 1. The van der Waals surface area contributed by atoms with Gasteiger partial charge in [-0.2, -0.15) is 4.31 Å². The fourth-order valence-corrected chi connectivity index (χ4v) is 3.30. The van der Waals surface area contributed by atoms with E-state index in [1.54, 1.807) is 0 Å². The van der Waals surface area contributed by atoms with E-state index in [4.69, 9.17) is 9.84 Å². The fourth-order valence-electron chi connectivity index (χ4n) is 1.82. The second-order valence-corrected chi connectivity index (χ2v) is 5.99. The molecule has 0 spiro atoms. The van der Waals surface area contributed by atoms with Crippen LogP contribution < -0.4 is 0 Å². The molecule has 110 valence electrons. The predicted molar refractivity (Wildman–Crippen MR) is 62.9 cm³/mol. The zero-order chi connectivity index (χ0) is 14.9. The summed E-state index contributed by atoms with van der Waals surface area (Å²) in [5, 5.41) is 8.77. The monoisotopic (exact) mass is 307 g/mol. The average Bonchev–Trinajstić information content (AvgIpc) is 2.39. The lowest BCUT2D eigenvalue weighted by Gasteiger charge is -2.26. The number of carboxylic acids is 1. The second kappa shape index (κ2) is 5.43. The quantitative estimate of drug-likeness (QED) is 0.888. The van der Waals surface area contributed by atoms with Crippen molar-refractivity contribution in [2.75, 3.05) is 26.3 Å². The first-order valence-electron chi connectivity index (χ1n) is 5.64. The molecule has 6 nitrogen and oxygen atoms in total. The minimum absolute atomic E-state index is 0.0293. The highest BCUT2D eigenvalue weighted by atomic mass is 32.2. The first-order chi connectivity index (χ1) is 9.34. The van der Waals surface area contributed by atoms with Crippen LogP contribution in [0.25, 0.3) is 0 Å². The number of halogens is 2. The Hall–Kier alpha value is -1.58. The Morgan fingerprint density at radius 3 is 2.35 bits per heavy atom. The zero-order valence-corrected chi connectivity index (χ0v) is 11.0. The van der Waals surface area contributed by atoms with Gasteiger partial charge in [0.1, 0.15) is 16.5 Å². The SMILES string of the molecule is O=C(O)c1cc(S(=O)(=O)N2CCOCC2)c(F)cc1F. The number of carbonyl (C=O) groups is 1. The lowest BCUT2D eigenvalue weighted by molar-refractivity contribution is 0.0690. The molecule has 1 aromatic rings. The van der Waals surface area contributed by atoms with Crippen molar-refractivity contribution in [1.29, 1.82) is 0 Å². The van der Waals surface area contributed by atoms with Gasteiger partial charge in [0.15, 0.2) is 0 Å². The molecule has 0 atom stereocenters. The Labute approximate surface area is 113 Å². The van der Waals surface area contributed by atoms with Gasteiger partial charge in [0.05, 0.1) is 18.8 Å². The maximum absolute atomic E-state index is 13.7. The van der Waals surface area contributed by atoms with Crippen LogP contribution in [0.3, 0.4) is 0 Å². The van der Waals surface area contributed by atoms with Crippen LogP contribution in [0, 0.1) is 11.6 Å². The Balaban J connectivity index is 2.50. The van der Waals surface area contributed by atoms with Crippen molar-refractivity contribution in [3.63, 3.8) is 0 Å². The molecule has 1 aromatic carbocycles. The maximum Gasteiger partial charge on any atom is 0.338 e. The van der Waals surface area contributed by atoms with Gasteiger partial charge in [-0.15, -0.1) is 0 Å². The number of hydrogen-bond donors (Lipinski definition) is 1. The minimum Gasteiger partial charge on any atom is -0.478 e. The van der Waals surface area contributed by atoms with Gasteiger partial charge < -0.3 is 9.84 Å². The average molecular weight is 307 g/mol. The Bertz CT molecular complexity index is 640. The second-order valence-electron chi connectivity index (χ2n) is 4.08. The number of ether oxygens (including phenoxy) is 1. The largest absolute Gasteiger partial charge is 0.478 e. The molecule has 1 fully saturated rings. The predicted octanol–water partition coefficient (Wildman–Crippen LogP) is 0.684. The number of benzene rings is 1. The molecule has 1 N–H and O–H groups in total. The molecule has 0 amide bonds. The molecule has 1 aliphatic heterocycles. The molecule has 1 heterocycles. The highest BCUT2D eigenvalue weighted by molar-refractivity contribution is 7.89. The topological polar surface area (TPSA) is 83.9 Å². The van der Waals surface area contributed by atoms with Gasteiger partial charge in [0, 0.05) is 19.2 Å². The Kier molecular flexibility index (Phi) is 4.02. The zero-order valence-electron chi connectivity index (χ0n) is 10.2. The summed E-state index contributed by atoms with van der Waals surface area (Å²) in [5.41, 5.74) is -0.891. The molecule has 0 saturated carbocycles. The van der Waals surface area contributed by atoms with Crippen LogP contribution >= 0.6 is 0 Å². The van der Waals surface area contributed by atoms with Gasteiger partial charge in [0.25, 0.3) is 0 Å². The summed E-state index contributed by atoms with van der Waals surface area (Å²) in [6.45, 7) is 0.380. The first kappa shape index (κ1) is 14.8. The van der Waals surface area contributed by atoms with E-state index in [0.29, 0.717) is 6.07 Å². The van der Waals surface area contributed by atoms with Crippen LogP contribution in [0.4, 0.5) is 8.78 Å². The third-order valence-electron chi connectivity index (χ3n) is 2.84. The van der Waals surface area contributed by atoms with Crippen molar-refractivity contribution >= 4 is 16.0 Å². The standard InChI is InChI=1S/C11H11F2NO5S/c12-8-6-9(13)10(5-7(8)11(15)16)20(17,18)14-1-3-19-4-2-14/h5-6H,1-4H2,(H,15,16). The third-order valence-corrected chi connectivity index (χ3v) is 4.75. The summed E-state index contributed by atoms with van der Waals surface area (Å²) < 4.78 is 57.3. The van der Waals surface area contributed by atoms with E-state index in [2.05, 4.69) is 0 Å². The number of sulfonamides is 1. The van der Waals surface area contributed by atoms with Crippen LogP contribution in [0.2, 0.25) is 0 Å². The van der Waals surface area contributed by atoms with Crippen LogP contribution in [0.5, 0.6) is 0 Å². The Morgan fingerprint density at radius 1 is 1.20 bits per heavy atom. The molecular weight excluding hydrogens is 296 g/mol. The summed E-state index contributed by atoms with van der Waals surface area (Å²) >= 11 is 0. The van der Waals surface area contributed by atoms with Gasteiger partial charge >= 0.3 is 5.97 Å². The van der Waals surface area contributed by atoms with Gasteiger partial charge in [-0.3, -0.25) is 0 Å². The third kappa shape index (κ3) is 2.65. The molecule has 9 heteroatoms. The number of nitrogens with zero attached hydrogens (tertiary/aromatic N) is 1. The van der Waals surface area contributed by atoms with E-state index in [9.17, 15) is 22.0 Å². The number of carboxylic acid groups (broad SMARTS) is 1. The molecule has 0 unspecified atom stereocenters. The number of hydrogen-bond acceptors (Lipinski definition) is 4. The van der Waals surface area contributed by atoms with E-state index >= 15 is 0 Å². The van der Waals surface area contributed by atoms with Crippen LogP contribution in [0.15, 0.2) is 17.0 Å². The summed E-state index contributed by atoms with van der Waals surface area (Å²) in [7, 11) is -4.22. The van der Waals surface area contributed by atoms with E-state index in [1.807, 2.05) is 0 Å². The van der Waals surface area contributed by atoms with E-state index in [1.165, 1.54) is 0 Å². The highest BCUT2D eigenvalue weighted by Gasteiger charge is 2.31. The van der Waals surface area contributed by atoms with Crippen molar-refractivity contribution < 1.29 is 31.8 Å². The molecule has 0 aromatic heterocycles. The summed E-state index contributed by atoms with van der Waals surface area (Å²) in [6.07, 6.45) is 0. The van der Waals surface area contributed by atoms with Crippen LogP contribution in [-0.2, 0) is 14.8 Å². The Morgan fingerprint density at radius 2 is 1.80 bits per heavy atom. The lowest BCUT2D eigenvalue weighted by Crippen LogP contribution is -2.41. The van der Waals surface area contributed by atoms with Gasteiger partial charge in [0.2, 0.25) is 10.0 Å². The number of rotatable bonds is 3. The molecule has 1 saturated heterocycles. The van der Waals surface area contributed by atoms with Gasteiger partial charge in [-0.05, 0) is 6.07 Å². The van der Waals surface area contributed by atoms with Crippen molar-refractivity contribution in [3.05, 3.63) is 29.3 Å². The molecular formula is C11H11F2NO5S.